The molecule has 1 amide bonds. The Hall–Kier alpha value is -1.96. The van der Waals surface area contributed by atoms with E-state index in [-0.39, 0.29) is 11.8 Å². The number of anilines is 2. The average molecular weight is 369 g/mol. The van der Waals surface area contributed by atoms with Crippen molar-refractivity contribution in [3.63, 3.8) is 0 Å². The monoisotopic (exact) mass is 369 g/mol. The molecule has 25 heavy (non-hydrogen) atoms. The van der Waals surface area contributed by atoms with Crippen molar-refractivity contribution in [1.82, 2.24) is 5.32 Å². The fourth-order valence-corrected chi connectivity index (χ4v) is 3.68. The zero-order chi connectivity index (χ0) is 18.8. The van der Waals surface area contributed by atoms with Crippen molar-refractivity contribution < 1.29 is 17.9 Å². The van der Waals surface area contributed by atoms with Crippen molar-refractivity contribution in [2.75, 3.05) is 30.0 Å². The number of nitrogen functional groups attached to an aromatic ring is 1. The van der Waals surface area contributed by atoms with Crippen molar-refractivity contribution in [1.29, 1.82) is 0 Å². The Kier molecular flexibility index (Phi) is 5.51. The lowest BCUT2D eigenvalue weighted by atomic mass is 10.1. The first-order valence-electron chi connectivity index (χ1n) is 8.23. The second-order valence-corrected chi connectivity index (χ2v) is 9.68. The van der Waals surface area contributed by atoms with Crippen LogP contribution in [-0.2, 0) is 20.3 Å². The van der Waals surface area contributed by atoms with E-state index in [1.165, 1.54) is 6.26 Å². The van der Waals surface area contributed by atoms with Gasteiger partial charge in [0.25, 0.3) is 0 Å². The normalized spacial score (nSPS) is 18.2. The fraction of sp³-hybridized carbons (Fsp3) is 0.588. The number of carbonyl (C=O) groups is 1. The summed E-state index contributed by atoms with van der Waals surface area (Å²) in [6.07, 6.45) is 1.53. The van der Waals surface area contributed by atoms with E-state index in [1.54, 1.807) is 12.1 Å². The lowest BCUT2D eigenvalue weighted by Gasteiger charge is -2.24. The smallest absolute Gasteiger partial charge is 0.407 e. The molecule has 1 fully saturated rings. The number of carbonyl (C=O) groups excluding carboxylic acids is 1. The third-order valence-corrected chi connectivity index (χ3v) is 4.61. The Morgan fingerprint density at radius 3 is 2.68 bits per heavy atom. The summed E-state index contributed by atoms with van der Waals surface area (Å²) in [5.41, 5.74) is 7.32. The highest BCUT2D eigenvalue weighted by atomic mass is 32.2. The van der Waals surface area contributed by atoms with Gasteiger partial charge in [0.2, 0.25) is 0 Å². The predicted molar refractivity (Wildman–Crippen MR) is 99.4 cm³/mol. The Morgan fingerprint density at radius 1 is 1.40 bits per heavy atom. The maximum Gasteiger partial charge on any atom is 0.407 e. The zero-order valence-corrected chi connectivity index (χ0v) is 16.0. The first-order valence-corrected chi connectivity index (χ1v) is 10.3. The first kappa shape index (κ1) is 19.4. The molecule has 140 valence electrons. The average Bonchev–Trinajstić information content (AvgIpc) is 2.82. The van der Waals surface area contributed by atoms with Crippen LogP contribution in [-0.4, -0.2) is 45.5 Å². The van der Waals surface area contributed by atoms with Crippen molar-refractivity contribution in [2.45, 2.75) is 44.6 Å². The SMILES string of the molecule is CC(C)(C)OC(=O)N[C@@H]1CCN(c2ccc(N)cc2CS(C)(=O)=O)C1. The standard InChI is InChI=1S/C17H27N3O4S/c1-17(2,3)24-16(21)19-14-7-8-20(10-14)15-6-5-13(18)9-12(15)11-25(4,22)23/h5-6,9,14H,7-8,10-11,18H2,1-4H3,(H,19,21)/t14-/m1/s1. The van der Waals surface area contributed by atoms with Gasteiger partial charge in [-0.25, -0.2) is 13.2 Å². The Balaban J connectivity index is 2.08. The molecule has 0 spiro atoms. The molecule has 0 saturated carbocycles. The van der Waals surface area contributed by atoms with Crippen LogP contribution in [0.15, 0.2) is 18.2 Å². The molecule has 1 aliphatic heterocycles. The number of alkyl carbamates (subject to hydrolysis) is 1. The first-order chi connectivity index (χ1) is 11.4. The molecule has 0 aliphatic carbocycles. The van der Waals surface area contributed by atoms with Gasteiger partial charge in [-0.05, 0) is 51.0 Å². The van der Waals surface area contributed by atoms with Gasteiger partial charge in [0.05, 0.1) is 11.8 Å². The van der Waals surface area contributed by atoms with E-state index in [2.05, 4.69) is 10.2 Å². The Bertz CT molecular complexity index is 741. The van der Waals surface area contributed by atoms with Gasteiger partial charge in [-0.15, -0.1) is 0 Å². The number of sulfone groups is 1. The third-order valence-electron chi connectivity index (χ3n) is 3.77. The molecule has 3 N–H and O–H groups in total. The summed E-state index contributed by atoms with van der Waals surface area (Å²) in [6.45, 7) is 6.78. The number of nitrogens with two attached hydrogens (primary N) is 1. The van der Waals surface area contributed by atoms with E-state index >= 15 is 0 Å². The second-order valence-electron chi connectivity index (χ2n) is 7.54. The molecule has 0 radical (unpaired) electrons. The highest BCUT2D eigenvalue weighted by molar-refractivity contribution is 7.89. The lowest BCUT2D eigenvalue weighted by molar-refractivity contribution is 0.0509. The lowest BCUT2D eigenvalue weighted by Crippen LogP contribution is -2.40. The van der Waals surface area contributed by atoms with Crippen molar-refractivity contribution >= 4 is 27.3 Å². The summed E-state index contributed by atoms with van der Waals surface area (Å²) in [5.74, 6) is -0.0615. The second kappa shape index (κ2) is 7.11. The minimum Gasteiger partial charge on any atom is -0.444 e. The van der Waals surface area contributed by atoms with E-state index in [1.807, 2.05) is 26.8 Å². The quantitative estimate of drug-likeness (QED) is 0.786. The molecule has 8 heteroatoms. The summed E-state index contributed by atoms with van der Waals surface area (Å²) in [6, 6.07) is 5.25. The van der Waals surface area contributed by atoms with Crippen LogP contribution in [0.1, 0.15) is 32.8 Å². The van der Waals surface area contributed by atoms with Gasteiger partial charge in [-0.3, -0.25) is 0 Å². The maximum absolute atomic E-state index is 11.9. The number of ether oxygens (including phenoxy) is 1. The van der Waals surface area contributed by atoms with Gasteiger partial charge in [0.1, 0.15) is 5.60 Å². The van der Waals surface area contributed by atoms with Crippen LogP contribution in [0.2, 0.25) is 0 Å². The van der Waals surface area contributed by atoms with Crippen LogP contribution < -0.4 is 16.0 Å². The molecular weight excluding hydrogens is 342 g/mol. The van der Waals surface area contributed by atoms with E-state index in [0.717, 1.165) is 18.7 Å². The Morgan fingerprint density at radius 2 is 2.08 bits per heavy atom. The summed E-state index contributed by atoms with van der Waals surface area (Å²) in [4.78, 5) is 14.0. The van der Waals surface area contributed by atoms with Crippen LogP contribution in [0.4, 0.5) is 16.2 Å². The predicted octanol–water partition coefficient (Wildman–Crippen LogP) is 1.92. The van der Waals surface area contributed by atoms with Crippen molar-refractivity contribution in [3.8, 4) is 0 Å². The number of nitrogens with zero attached hydrogens (tertiary/aromatic N) is 1. The van der Waals surface area contributed by atoms with E-state index in [0.29, 0.717) is 17.8 Å². The molecule has 1 atom stereocenters. The Labute approximate surface area is 149 Å². The zero-order valence-electron chi connectivity index (χ0n) is 15.2. The van der Waals surface area contributed by atoms with Crippen molar-refractivity contribution in [2.24, 2.45) is 0 Å². The molecular formula is C17H27N3O4S. The van der Waals surface area contributed by atoms with E-state index < -0.39 is 21.5 Å². The molecule has 1 aliphatic rings. The fourth-order valence-electron chi connectivity index (χ4n) is 2.88. The van der Waals surface area contributed by atoms with Gasteiger partial charge in [-0.2, -0.15) is 0 Å². The topological polar surface area (TPSA) is 102 Å². The molecule has 1 aromatic carbocycles. The highest BCUT2D eigenvalue weighted by Crippen LogP contribution is 2.28. The van der Waals surface area contributed by atoms with Gasteiger partial charge in [-0.1, -0.05) is 0 Å². The van der Waals surface area contributed by atoms with Crippen LogP contribution in [0.25, 0.3) is 0 Å². The van der Waals surface area contributed by atoms with Gasteiger partial charge in [0.15, 0.2) is 9.84 Å². The van der Waals surface area contributed by atoms with E-state index in [9.17, 15) is 13.2 Å². The summed E-state index contributed by atoms with van der Waals surface area (Å²) in [7, 11) is -3.17. The van der Waals surface area contributed by atoms with Crippen LogP contribution >= 0.6 is 0 Å². The maximum atomic E-state index is 11.9. The molecule has 1 aromatic rings. The number of benzene rings is 1. The number of amides is 1. The molecule has 1 heterocycles. The van der Waals surface area contributed by atoms with Gasteiger partial charge >= 0.3 is 6.09 Å². The molecule has 0 bridgehead atoms. The van der Waals surface area contributed by atoms with Gasteiger partial charge in [0, 0.05) is 30.7 Å². The molecule has 0 aromatic heterocycles. The summed E-state index contributed by atoms with van der Waals surface area (Å²) >= 11 is 0. The number of nitrogens with one attached hydrogen (secondary N) is 1. The minimum atomic E-state index is -3.17. The van der Waals surface area contributed by atoms with Crippen molar-refractivity contribution in [3.05, 3.63) is 23.8 Å². The molecule has 0 unspecified atom stereocenters. The summed E-state index contributed by atoms with van der Waals surface area (Å²) < 4.78 is 28.7. The molecule has 7 nitrogen and oxygen atoms in total. The van der Waals surface area contributed by atoms with Crippen LogP contribution in [0.5, 0.6) is 0 Å². The van der Waals surface area contributed by atoms with Gasteiger partial charge < -0.3 is 20.7 Å². The number of rotatable bonds is 4. The minimum absolute atomic E-state index is 0.0431. The molecule has 2 rings (SSSR count). The highest BCUT2D eigenvalue weighted by Gasteiger charge is 2.27. The van der Waals surface area contributed by atoms with Crippen LogP contribution in [0, 0.1) is 0 Å². The summed E-state index contributed by atoms with van der Waals surface area (Å²) in [5, 5.41) is 2.87. The van der Waals surface area contributed by atoms with Crippen LogP contribution in [0.3, 0.4) is 0 Å². The number of hydrogen-bond donors (Lipinski definition) is 2. The third kappa shape index (κ3) is 6.12. The van der Waals surface area contributed by atoms with E-state index in [4.69, 9.17) is 10.5 Å². The largest absolute Gasteiger partial charge is 0.444 e. The molecule has 1 saturated heterocycles. The number of hydrogen-bond acceptors (Lipinski definition) is 6.